The SMILES string of the molecule is CC(C)(C)OC(=O)Nc1ccc2[nH]c(O)c(C=c3ccc4c(c3)N=NC=4/C=C/c3ccncc3)c2c1. The minimum absolute atomic E-state index is 0.0362. The molecule has 0 saturated carbocycles. The summed E-state index contributed by atoms with van der Waals surface area (Å²) in [4.78, 5) is 19.2. The number of carbonyl (C=O) groups is 1. The Kier molecular flexibility index (Phi) is 5.85. The fraction of sp³-hybridized carbons (Fsp3) is 0.143. The predicted molar refractivity (Wildman–Crippen MR) is 140 cm³/mol. The lowest BCUT2D eigenvalue weighted by molar-refractivity contribution is 0.0636. The predicted octanol–water partition coefficient (Wildman–Crippen LogP) is 5.36. The van der Waals surface area contributed by atoms with Gasteiger partial charge in [-0.05, 0) is 86.2 Å². The Hall–Kier alpha value is -4.72. The largest absolute Gasteiger partial charge is 0.494 e. The number of amides is 1. The number of rotatable bonds is 4. The Labute approximate surface area is 207 Å². The average molecular weight is 480 g/mol. The molecule has 0 fully saturated rings. The van der Waals surface area contributed by atoms with Crippen LogP contribution in [-0.4, -0.2) is 26.8 Å². The maximum atomic E-state index is 12.2. The molecule has 2 aromatic carbocycles. The summed E-state index contributed by atoms with van der Waals surface area (Å²) in [5.74, 6) is 0.0362. The minimum atomic E-state index is -0.601. The van der Waals surface area contributed by atoms with Crippen LogP contribution in [0.15, 0.2) is 77.2 Å². The minimum Gasteiger partial charge on any atom is -0.494 e. The normalized spacial score (nSPS) is 13.5. The summed E-state index contributed by atoms with van der Waals surface area (Å²) in [7, 11) is 0. The van der Waals surface area contributed by atoms with E-state index in [1.165, 1.54) is 0 Å². The van der Waals surface area contributed by atoms with Crippen LogP contribution >= 0.6 is 0 Å². The Morgan fingerprint density at radius 2 is 1.83 bits per heavy atom. The van der Waals surface area contributed by atoms with Gasteiger partial charge in [-0.2, -0.15) is 0 Å². The van der Waals surface area contributed by atoms with Crippen molar-refractivity contribution in [1.82, 2.24) is 9.97 Å². The lowest BCUT2D eigenvalue weighted by atomic mass is 10.1. The number of hydrogen-bond acceptors (Lipinski definition) is 6. The second-order valence-electron chi connectivity index (χ2n) is 9.39. The van der Waals surface area contributed by atoms with Gasteiger partial charge in [-0.3, -0.25) is 10.3 Å². The van der Waals surface area contributed by atoms with Gasteiger partial charge in [0.1, 0.15) is 5.60 Å². The topological polar surface area (TPSA) is 112 Å². The monoisotopic (exact) mass is 479 g/mol. The van der Waals surface area contributed by atoms with Crippen molar-refractivity contribution in [1.29, 1.82) is 0 Å². The molecule has 0 spiro atoms. The van der Waals surface area contributed by atoms with E-state index in [9.17, 15) is 9.90 Å². The van der Waals surface area contributed by atoms with Crippen molar-refractivity contribution >= 4 is 46.2 Å². The van der Waals surface area contributed by atoms with Crippen LogP contribution < -0.4 is 15.8 Å². The first kappa shape index (κ1) is 23.0. The van der Waals surface area contributed by atoms with Gasteiger partial charge >= 0.3 is 6.09 Å². The molecule has 1 aliphatic rings. The molecule has 1 amide bonds. The molecule has 5 rings (SSSR count). The van der Waals surface area contributed by atoms with E-state index in [0.717, 1.165) is 38.3 Å². The van der Waals surface area contributed by atoms with Gasteiger partial charge in [-0.25, -0.2) is 4.79 Å². The van der Waals surface area contributed by atoms with E-state index in [-0.39, 0.29) is 5.88 Å². The quantitative estimate of drug-likeness (QED) is 0.366. The Morgan fingerprint density at radius 1 is 1.03 bits per heavy atom. The number of fused-ring (bicyclic) bond motifs is 2. The second kappa shape index (κ2) is 9.14. The van der Waals surface area contributed by atoms with Crippen LogP contribution in [0.1, 0.15) is 31.9 Å². The van der Waals surface area contributed by atoms with E-state index in [4.69, 9.17) is 4.74 Å². The number of ether oxygens (including phenoxy) is 1. The number of benzene rings is 2. The first-order valence-corrected chi connectivity index (χ1v) is 11.5. The highest BCUT2D eigenvalue weighted by Gasteiger charge is 2.17. The standard InChI is InChI=1S/C28H25N5O3/c1-28(2,3)36-27(35)30-19-6-9-23-21(16-19)22(26(34)31-23)14-18-4-7-20-24(32-33-25(20)15-18)8-5-17-10-12-29-13-11-17/h4-16,31,34H,1-3H3,(H,30,35)/b8-5+,18-14?. The molecule has 3 heterocycles. The molecule has 4 aromatic rings. The average Bonchev–Trinajstić information content (AvgIpc) is 3.37. The van der Waals surface area contributed by atoms with E-state index in [2.05, 4.69) is 25.5 Å². The van der Waals surface area contributed by atoms with E-state index >= 15 is 0 Å². The fourth-order valence-electron chi connectivity index (χ4n) is 3.88. The zero-order valence-corrected chi connectivity index (χ0v) is 20.1. The Balaban J connectivity index is 1.47. The van der Waals surface area contributed by atoms with Crippen molar-refractivity contribution in [3.63, 3.8) is 0 Å². The maximum Gasteiger partial charge on any atom is 0.412 e. The molecule has 0 unspecified atom stereocenters. The van der Waals surface area contributed by atoms with Gasteiger partial charge in [0.2, 0.25) is 0 Å². The molecule has 8 heteroatoms. The molecule has 0 atom stereocenters. The van der Waals surface area contributed by atoms with Gasteiger partial charge in [0, 0.05) is 39.8 Å². The summed E-state index contributed by atoms with van der Waals surface area (Å²) >= 11 is 0. The van der Waals surface area contributed by atoms with E-state index in [1.807, 2.05) is 48.6 Å². The zero-order chi connectivity index (χ0) is 25.3. The lowest BCUT2D eigenvalue weighted by Crippen LogP contribution is -2.27. The fourth-order valence-corrected chi connectivity index (χ4v) is 3.88. The number of aromatic hydroxyl groups is 1. The molecule has 0 bridgehead atoms. The maximum absolute atomic E-state index is 12.2. The molecule has 8 nitrogen and oxygen atoms in total. The van der Waals surface area contributed by atoms with Gasteiger partial charge in [-0.15, -0.1) is 10.2 Å². The first-order chi connectivity index (χ1) is 17.2. The van der Waals surface area contributed by atoms with Crippen molar-refractivity contribution in [2.45, 2.75) is 26.4 Å². The van der Waals surface area contributed by atoms with Crippen molar-refractivity contribution in [3.8, 4) is 5.88 Å². The molecular formula is C28H25N5O3. The molecule has 2 aromatic heterocycles. The third-order valence-corrected chi connectivity index (χ3v) is 5.48. The van der Waals surface area contributed by atoms with E-state index in [1.54, 1.807) is 51.4 Å². The second-order valence-corrected chi connectivity index (χ2v) is 9.39. The number of anilines is 1. The molecular weight excluding hydrogens is 454 g/mol. The number of aromatic nitrogens is 2. The van der Waals surface area contributed by atoms with Crippen molar-refractivity contribution in [2.24, 2.45) is 10.2 Å². The van der Waals surface area contributed by atoms with E-state index < -0.39 is 11.7 Å². The van der Waals surface area contributed by atoms with Gasteiger partial charge in [0.15, 0.2) is 5.88 Å². The highest BCUT2D eigenvalue weighted by atomic mass is 16.6. The molecule has 180 valence electrons. The number of nitrogens with zero attached hydrogens (tertiary/aromatic N) is 3. The number of H-pyrrole nitrogens is 1. The summed E-state index contributed by atoms with van der Waals surface area (Å²) in [5, 5.41) is 24.5. The highest BCUT2D eigenvalue weighted by molar-refractivity contribution is 5.96. The van der Waals surface area contributed by atoms with Crippen LogP contribution in [0.25, 0.3) is 28.8 Å². The van der Waals surface area contributed by atoms with Crippen LogP contribution in [0, 0.1) is 0 Å². The first-order valence-electron chi connectivity index (χ1n) is 11.5. The highest BCUT2D eigenvalue weighted by Crippen LogP contribution is 2.30. The number of carbonyl (C=O) groups excluding carboxylic acids is 1. The van der Waals surface area contributed by atoms with E-state index in [0.29, 0.717) is 11.3 Å². The molecule has 3 N–H and O–H groups in total. The molecule has 0 radical (unpaired) electrons. The Bertz CT molecular complexity index is 1640. The number of azo groups is 1. The van der Waals surface area contributed by atoms with Gasteiger partial charge < -0.3 is 14.8 Å². The molecule has 0 saturated heterocycles. The Morgan fingerprint density at radius 3 is 2.61 bits per heavy atom. The van der Waals surface area contributed by atoms with Gasteiger partial charge in [0.05, 0.1) is 11.4 Å². The summed E-state index contributed by atoms with van der Waals surface area (Å²) in [6.07, 6.45) is 8.71. The zero-order valence-electron chi connectivity index (χ0n) is 20.1. The summed E-state index contributed by atoms with van der Waals surface area (Å²) in [6.45, 7) is 5.42. The smallest absolute Gasteiger partial charge is 0.412 e. The third-order valence-electron chi connectivity index (χ3n) is 5.48. The summed E-state index contributed by atoms with van der Waals surface area (Å²) in [6, 6.07) is 15.0. The summed E-state index contributed by atoms with van der Waals surface area (Å²) in [5.41, 5.74) is 3.87. The van der Waals surface area contributed by atoms with Crippen molar-refractivity contribution in [2.75, 3.05) is 5.32 Å². The van der Waals surface area contributed by atoms with Crippen LogP contribution in [0.3, 0.4) is 0 Å². The number of pyridine rings is 1. The van der Waals surface area contributed by atoms with Crippen molar-refractivity contribution < 1.29 is 14.6 Å². The van der Waals surface area contributed by atoms with Crippen LogP contribution in [0.5, 0.6) is 5.88 Å². The third kappa shape index (κ3) is 5.02. The number of aromatic amines is 1. The van der Waals surface area contributed by atoms with Crippen LogP contribution in [0.4, 0.5) is 16.2 Å². The number of hydrogen-bond donors (Lipinski definition) is 3. The van der Waals surface area contributed by atoms with Crippen LogP contribution in [0.2, 0.25) is 0 Å². The van der Waals surface area contributed by atoms with Gasteiger partial charge in [0.25, 0.3) is 0 Å². The van der Waals surface area contributed by atoms with Crippen molar-refractivity contribution in [3.05, 3.63) is 88.6 Å². The molecule has 1 aliphatic heterocycles. The molecule has 0 aliphatic carbocycles. The lowest BCUT2D eigenvalue weighted by Gasteiger charge is -2.19. The molecule has 36 heavy (non-hydrogen) atoms. The number of nitrogens with one attached hydrogen (secondary N) is 2. The van der Waals surface area contributed by atoms with Crippen LogP contribution in [-0.2, 0) is 4.74 Å². The summed E-state index contributed by atoms with van der Waals surface area (Å²) < 4.78 is 5.33. The van der Waals surface area contributed by atoms with Gasteiger partial charge in [-0.1, -0.05) is 12.1 Å².